The first-order valence-corrected chi connectivity index (χ1v) is 6.81. The van der Waals surface area contributed by atoms with Crippen molar-refractivity contribution < 1.29 is 10.2 Å². The maximum absolute atomic E-state index is 9.71. The molecular weight excluding hydrogens is 200 g/mol. The lowest BCUT2D eigenvalue weighted by atomic mass is 9.87. The van der Waals surface area contributed by atoms with E-state index < -0.39 is 0 Å². The van der Waals surface area contributed by atoms with E-state index in [1.54, 1.807) is 0 Å². The highest BCUT2D eigenvalue weighted by Gasteiger charge is 2.15. The molecule has 0 aliphatic heterocycles. The maximum Gasteiger partial charge on any atom is 0.0540 e. The third-order valence-corrected chi connectivity index (χ3v) is 3.21. The zero-order chi connectivity index (χ0) is 12.4. The molecule has 0 saturated carbocycles. The van der Waals surface area contributed by atoms with Gasteiger partial charge in [-0.25, -0.2) is 0 Å². The molecule has 0 saturated heterocycles. The van der Waals surface area contributed by atoms with Gasteiger partial charge in [0.25, 0.3) is 0 Å². The summed E-state index contributed by atoms with van der Waals surface area (Å²) < 4.78 is 0. The Bertz CT molecular complexity index is 155. The van der Waals surface area contributed by atoms with Gasteiger partial charge in [0, 0.05) is 6.61 Å². The smallest absolute Gasteiger partial charge is 0.0540 e. The van der Waals surface area contributed by atoms with Crippen LogP contribution in [0.3, 0.4) is 0 Å². The summed E-state index contributed by atoms with van der Waals surface area (Å²) in [6.07, 6.45) is 8.61. The molecule has 0 aromatic heterocycles. The minimum atomic E-state index is -0.108. The Morgan fingerprint density at radius 2 is 1.56 bits per heavy atom. The summed E-state index contributed by atoms with van der Waals surface area (Å²) in [5, 5.41) is 18.8. The highest BCUT2D eigenvalue weighted by atomic mass is 16.3. The molecule has 0 aliphatic rings. The summed E-state index contributed by atoms with van der Waals surface area (Å²) in [4.78, 5) is 0. The molecule has 0 aromatic carbocycles. The largest absolute Gasteiger partial charge is 0.396 e. The van der Waals surface area contributed by atoms with Crippen molar-refractivity contribution in [1.29, 1.82) is 0 Å². The lowest BCUT2D eigenvalue weighted by Crippen LogP contribution is -2.16. The number of aliphatic hydroxyl groups is 2. The van der Waals surface area contributed by atoms with Crippen LogP contribution in [-0.4, -0.2) is 22.9 Å². The second-order valence-corrected chi connectivity index (χ2v) is 5.72. The van der Waals surface area contributed by atoms with Gasteiger partial charge in [-0.05, 0) is 24.7 Å². The molecule has 1 atom stereocenters. The van der Waals surface area contributed by atoms with Gasteiger partial charge in [-0.1, -0.05) is 52.9 Å². The van der Waals surface area contributed by atoms with Crippen LogP contribution >= 0.6 is 0 Å². The Balaban J connectivity index is 3.37. The van der Waals surface area contributed by atoms with E-state index >= 15 is 0 Å². The third-order valence-electron chi connectivity index (χ3n) is 3.21. The Morgan fingerprint density at radius 1 is 1.00 bits per heavy atom. The summed E-state index contributed by atoms with van der Waals surface area (Å²) >= 11 is 0. The lowest BCUT2D eigenvalue weighted by Gasteiger charge is -2.21. The average molecular weight is 230 g/mol. The summed E-state index contributed by atoms with van der Waals surface area (Å²) in [7, 11) is 0. The molecule has 0 radical (unpaired) electrons. The van der Waals surface area contributed by atoms with Crippen LogP contribution in [0.25, 0.3) is 0 Å². The van der Waals surface area contributed by atoms with Gasteiger partial charge in [-0.3, -0.25) is 0 Å². The quantitative estimate of drug-likeness (QED) is 0.564. The Labute approximate surface area is 101 Å². The highest BCUT2D eigenvalue weighted by Crippen LogP contribution is 2.23. The zero-order valence-electron chi connectivity index (χ0n) is 11.3. The van der Waals surface area contributed by atoms with Gasteiger partial charge in [0.1, 0.15) is 0 Å². The van der Waals surface area contributed by atoms with Crippen LogP contribution in [0.5, 0.6) is 0 Å². The van der Waals surface area contributed by atoms with Crippen LogP contribution in [0.1, 0.15) is 72.1 Å². The number of hydrogen-bond donors (Lipinski definition) is 2. The van der Waals surface area contributed by atoms with Gasteiger partial charge in [-0.15, -0.1) is 0 Å². The standard InChI is InChI=1S/C14H30O2/c1-4-5-6-9-13(16)10-7-8-11-14(2,3)12-15/h13,15-16H,4-12H2,1-3H3. The molecule has 0 heterocycles. The fourth-order valence-electron chi connectivity index (χ4n) is 1.84. The normalized spacial score (nSPS) is 14.1. The third kappa shape index (κ3) is 9.17. The number of hydrogen-bond acceptors (Lipinski definition) is 2. The molecule has 2 nitrogen and oxygen atoms in total. The van der Waals surface area contributed by atoms with E-state index in [9.17, 15) is 5.11 Å². The van der Waals surface area contributed by atoms with Crippen molar-refractivity contribution in [1.82, 2.24) is 0 Å². The minimum absolute atomic E-state index is 0.0488. The van der Waals surface area contributed by atoms with Crippen molar-refractivity contribution in [2.75, 3.05) is 6.61 Å². The molecule has 0 spiro atoms. The molecule has 16 heavy (non-hydrogen) atoms. The topological polar surface area (TPSA) is 40.5 Å². The minimum Gasteiger partial charge on any atom is -0.396 e. The van der Waals surface area contributed by atoms with Crippen molar-refractivity contribution >= 4 is 0 Å². The molecule has 0 rings (SSSR count). The highest BCUT2D eigenvalue weighted by molar-refractivity contribution is 4.67. The fourth-order valence-corrected chi connectivity index (χ4v) is 1.84. The van der Waals surface area contributed by atoms with E-state index in [2.05, 4.69) is 20.8 Å². The van der Waals surface area contributed by atoms with E-state index in [0.29, 0.717) is 0 Å². The van der Waals surface area contributed by atoms with Crippen LogP contribution in [0.4, 0.5) is 0 Å². The molecule has 0 amide bonds. The van der Waals surface area contributed by atoms with Gasteiger partial charge < -0.3 is 10.2 Å². The van der Waals surface area contributed by atoms with Crippen molar-refractivity contribution in [3.63, 3.8) is 0 Å². The van der Waals surface area contributed by atoms with E-state index in [1.165, 1.54) is 12.8 Å². The summed E-state index contributed by atoms with van der Waals surface area (Å²) in [5.74, 6) is 0. The fraction of sp³-hybridized carbons (Fsp3) is 1.00. The van der Waals surface area contributed by atoms with Gasteiger partial charge >= 0.3 is 0 Å². The molecule has 0 aromatic rings. The van der Waals surface area contributed by atoms with Gasteiger partial charge in [0.05, 0.1) is 6.10 Å². The zero-order valence-corrected chi connectivity index (χ0v) is 11.3. The summed E-state index contributed by atoms with van der Waals surface area (Å²) in [5.41, 5.74) is 0.0488. The molecule has 2 N–H and O–H groups in total. The molecule has 98 valence electrons. The Morgan fingerprint density at radius 3 is 2.06 bits per heavy atom. The molecule has 0 fully saturated rings. The predicted octanol–water partition coefficient (Wildman–Crippen LogP) is 3.51. The lowest BCUT2D eigenvalue weighted by molar-refractivity contribution is 0.132. The van der Waals surface area contributed by atoms with E-state index in [4.69, 9.17) is 5.11 Å². The summed E-state index contributed by atoms with van der Waals surface area (Å²) in [6, 6.07) is 0. The van der Waals surface area contributed by atoms with Crippen LogP contribution in [0.15, 0.2) is 0 Å². The van der Waals surface area contributed by atoms with Crippen LogP contribution < -0.4 is 0 Å². The van der Waals surface area contributed by atoms with Gasteiger partial charge in [0.2, 0.25) is 0 Å². The molecular formula is C14H30O2. The van der Waals surface area contributed by atoms with Gasteiger partial charge in [0.15, 0.2) is 0 Å². The molecule has 2 heteroatoms. The van der Waals surface area contributed by atoms with Crippen molar-refractivity contribution in [2.45, 2.75) is 78.2 Å². The number of aliphatic hydroxyl groups excluding tert-OH is 2. The number of unbranched alkanes of at least 4 members (excludes halogenated alkanes) is 3. The van der Waals surface area contributed by atoms with E-state index in [-0.39, 0.29) is 18.1 Å². The van der Waals surface area contributed by atoms with E-state index in [1.807, 2.05) is 0 Å². The maximum atomic E-state index is 9.71. The van der Waals surface area contributed by atoms with Crippen LogP contribution in [-0.2, 0) is 0 Å². The second kappa shape index (κ2) is 9.00. The summed E-state index contributed by atoms with van der Waals surface area (Å²) in [6.45, 7) is 6.62. The van der Waals surface area contributed by atoms with Crippen molar-refractivity contribution in [2.24, 2.45) is 5.41 Å². The second-order valence-electron chi connectivity index (χ2n) is 5.72. The Hall–Kier alpha value is -0.0800. The number of rotatable bonds is 10. The Kier molecular flexibility index (Phi) is 8.96. The molecule has 0 aliphatic carbocycles. The van der Waals surface area contributed by atoms with Crippen LogP contribution in [0, 0.1) is 5.41 Å². The first-order valence-electron chi connectivity index (χ1n) is 6.81. The molecule has 1 unspecified atom stereocenters. The molecule has 0 bridgehead atoms. The average Bonchev–Trinajstić information content (AvgIpc) is 2.25. The van der Waals surface area contributed by atoms with Gasteiger partial charge in [-0.2, -0.15) is 0 Å². The SMILES string of the molecule is CCCCCC(O)CCCCC(C)(C)CO. The van der Waals surface area contributed by atoms with E-state index in [0.717, 1.165) is 38.5 Å². The predicted molar refractivity (Wildman–Crippen MR) is 69.5 cm³/mol. The first-order chi connectivity index (χ1) is 7.52. The van der Waals surface area contributed by atoms with Crippen molar-refractivity contribution in [3.05, 3.63) is 0 Å². The monoisotopic (exact) mass is 230 g/mol. The van der Waals surface area contributed by atoms with Crippen molar-refractivity contribution in [3.8, 4) is 0 Å². The first kappa shape index (κ1) is 15.9. The van der Waals surface area contributed by atoms with Crippen LogP contribution in [0.2, 0.25) is 0 Å².